The first-order valence-electron chi connectivity index (χ1n) is 8.33. The molecule has 2 aromatic rings. The third-order valence-corrected chi connectivity index (χ3v) is 4.11. The lowest BCUT2D eigenvalue weighted by atomic mass is 10.1. The molecule has 1 amide bonds. The molecule has 3 rings (SSSR count). The van der Waals surface area contributed by atoms with E-state index in [1.165, 1.54) is 0 Å². The molecule has 0 spiro atoms. The zero-order chi connectivity index (χ0) is 16.9. The van der Waals surface area contributed by atoms with Crippen molar-refractivity contribution in [3.05, 3.63) is 53.5 Å². The fourth-order valence-electron chi connectivity index (χ4n) is 2.70. The van der Waals surface area contributed by atoms with Gasteiger partial charge in [-0.1, -0.05) is 0 Å². The average molecular weight is 329 g/mol. The molecule has 2 heterocycles. The second-order valence-corrected chi connectivity index (χ2v) is 6.11. The number of amides is 1. The molecule has 0 aliphatic carbocycles. The third-order valence-electron chi connectivity index (χ3n) is 4.11. The minimum Gasteiger partial charge on any atom is -0.491 e. The maximum Gasteiger partial charge on any atom is 0.251 e. The Balaban J connectivity index is 1.53. The number of ether oxygens (including phenoxy) is 2. The second-order valence-electron chi connectivity index (χ2n) is 6.11. The van der Waals surface area contributed by atoms with Crippen LogP contribution in [-0.4, -0.2) is 25.2 Å². The molecule has 2 atom stereocenters. The Hall–Kier alpha value is -2.27. The summed E-state index contributed by atoms with van der Waals surface area (Å²) >= 11 is 0. The van der Waals surface area contributed by atoms with Crippen LogP contribution in [0.1, 0.15) is 47.7 Å². The molecular formula is C19H23NO4. The second kappa shape index (κ2) is 7.53. The van der Waals surface area contributed by atoms with E-state index in [9.17, 15) is 4.79 Å². The van der Waals surface area contributed by atoms with Crippen LogP contribution in [0.2, 0.25) is 0 Å². The zero-order valence-electron chi connectivity index (χ0n) is 14.1. The van der Waals surface area contributed by atoms with E-state index >= 15 is 0 Å². The quantitative estimate of drug-likeness (QED) is 0.879. The average Bonchev–Trinajstić information content (AvgIpc) is 3.25. The number of carbonyl (C=O) groups excluding carboxylic acids is 1. The predicted molar refractivity (Wildman–Crippen MR) is 90.2 cm³/mol. The number of hydrogen-bond acceptors (Lipinski definition) is 4. The highest BCUT2D eigenvalue weighted by molar-refractivity contribution is 5.94. The van der Waals surface area contributed by atoms with Crippen molar-refractivity contribution >= 4 is 5.91 Å². The van der Waals surface area contributed by atoms with E-state index in [0.29, 0.717) is 12.2 Å². The van der Waals surface area contributed by atoms with Gasteiger partial charge in [-0.2, -0.15) is 0 Å². The molecule has 0 radical (unpaired) electrons. The number of rotatable bonds is 6. The summed E-state index contributed by atoms with van der Waals surface area (Å²) in [7, 11) is 0. The van der Waals surface area contributed by atoms with Gasteiger partial charge in [-0.25, -0.2) is 0 Å². The molecule has 5 nitrogen and oxygen atoms in total. The van der Waals surface area contributed by atoms with Crippen molar-refractivity contribution < 1.29 is 18.7 Å². The van der Waals surface area contributed by atoms with Crippen molar-refractivity contribution in [3.8, 4) is 5.75 Å². The monoisotopic (exact) mass is 329 g/mol. The molecule has 1 aliphatic rings. The Morgan fingerprint density at radius 2 is 2.08 bits per heavy atom. The summed E-state index contributed by atoms with van der Waals surface area (Å²) in [6, 6.07) is 10.7. The van der Waals surface area contributed by atoms with Crippen LogP contribution in [0.4, 0.5) is 0 Å². The Kier molecular flexibility index (Phi) is 5.20. The maximum absolute atomic E-state index is 12.3. The summed E-state index contributed by atoms with van der Waals surface area (Å²) in [4.78, 5) is 12.3. The fraction of sp³-hybridized carbons (Fsp3) is 0.421. The van der Waals surface area contributed by atoms with E-state index in [1.54, 1.807) is 12.1 Å². The van der Waals surface area contributed by atoms with Crippen LogP contribution in [0.25, 0.3) is 0 Å². The number of furan rings is 1. The lowest BCUT2D eigenvalue weighted by Gasteiger charge is -2.13. The van der Waals surface area contributed by atoms with Crippen molar-refractivity contribution in [2.24, 2.45) is 0 Å². The van der Waals surface area contributed by atoms with Gasteiger partial charge in [-0.15, -0.1) is 0 Å². The van der Waals surface area contributed by atoms with E-state index < -0.39 is 0 Å². The van der Waals surface area contributed by atoms with Crippen LogP contribution in [-0.2, 0) is 4.74 Å². The normalized spacial score (nSPS) is 18.3. The molecule has 1 saturated heterocycles. The first-order valence-corrected chi connectivity index (χ1v) is 8.33. The minimum absolute atomic E-state index is 0.137. The summed E-state index contributed by atoms with van der Waals surface area (Å²) in [5.41, 5.74) is 0.592. The zero-order valence-corrected chi connectivity index (χ0v) is 14.1. The van der Waals surface area contributed by atoms with Crippen molar-refractivity contribution in [1.82, 2.24) is 5.32 Å². The summed E-state index contributed by atoms with van der Waals surface area (Å²) in [5, 5.41) is 2.93. The Bertz CT molecular complexity index is 671. The highest BCUT2D eigenvalue weighted by Crippen LogP contribution is 2.18. The number of carbonyl (C=O) groups is 1. The predicted octanol–water partition coefficient (Wildman–Crippen LogP) is 3.64. The molecule has 1 aromatic carbocycles. The van der Waals surface area contributed by atoms with Gasteiger partial charge < -0.3 is 19.2 Å². The number of aryl methyl sites for hydroxylation is 1. The highest BCUT2D eigenvalue weighted by Gasteiger charge is 2.17. The first kappa shape index (κ1) is 16.6. The van der Waals surface area contributed by atoms with Gasteiger partial charge in [0.25, 0.3) is 5.91 Å². The summed E-state index contributed by atoms with van der Waals surface area (Å²) in [6.45, 7) is 5.16. The lowest BCUT2D eigenvalue weighted by molar-refractivity contribution is 0.0679. The molecule has 128 valence electrons. The fourth-order valence-corrected chi connectivity index (χ4v) is 2.70. The van der Waals surface area contributed by atoms with Crippen molar-refractivity contribution in [2.75, 3.05) is 13.2 Å². The van der Waals surface area contributed by atoms with Gasteiger partial charge in [-0.05, 0) is 63.1 Å². The van der Waals surface area contributed by atoms with Gasteiger partial charge in [-0.3, -0.25) is 4.79 Å². The molecule has 1 aromatic heterocycles. The van der Waals surface area contributed by atoms with Crippen molar-refractivity contribution in [3.63, 3.8) is 0 Å². The van der Waals surface area contributed by atoms with Crippen LogP contribution in [0, 0.1) is 6.92 Å². The molecule has 5 heteroatoms. The van der Waals surface area contributed by atoms with Gasteiger partial charge in [0, 0.05) is 12.2 Å². The van der Waals surface area contributed by atoms with Crippen LogP contribution in [0.15, 0.2) is 40.8 Å². The Morgan fingerprint density at radius 3 is 2.71 bits per heavy atom. The van der Waals surface area contributed by atoms with E-state index in [-0.39, 0.29) is 18.1 Å². The van der Waals surface area contributed by atoms with E-state index in [1.807, 2.05) is 38.1 Å². The van der Waals surface area contributed by atoms with Gasteiger partial charge in [0.1, 0.15) is 23.9 Å². The lowest BCUT2D eigenvalue weighted by Crippen LogP contribution is -2.26. The smallest absolute Gasteiger partial charge is 0.251 e. The Morgan fingerprint density at radius 1 is 1.29 bits per heavy atom. The standard InChI is InChI=1S/C19H23NO4/c1-13-5-10-18(24-13)14(2)20-19(21)15-6-8-16(9-7-15)23-12-17-4-3-11-22-17/h5-10,14,17H,3-4,11-12H2,1-2H3,(H,20,21)/t14-,17+/m0/s1. The van der Waals surface area contributed by atoms with Crippen LogP contribution >= 0.6 is 0 Å². The number of benzene rings is 1. The number of nitrogens with one attached hydrogen (secondary N) is 1. The molecule has 1 fully saturated rings. The van der Waals surface area contributed by atoms with Crippen molar-refractivity contribution in [1.29, 1.82) is 0 Å². The van der Waals surface area contributed by atoms with Crippen molar-refractivity contribution in [2.45, 2.75) is 38.8 Å². The Labute approximate surface area is 141 Å². The van der Waals surface area contributed by atoms with Gasteiger partial charge in [0.2, 0.25) is 0 Å². The topological polar surface area (TPSA) is 60.7 Å². The highest BCUT2D eigenvalue weighted by atomic mass is 16.5. The SMILES string of the molecule is Cc1ccc([C@H](C)NC(=O)c2ccc(OC[C@H]3CCCO3)cc2)o1. The molecule has 0 saturated carbocycles. The van der Waals surface area contributed by atoms with Crippen LogP contribution < -0.4 is 10.1 Å². The largest absolute Gasteiger partial charge is 0.491 e. The summed E-state index contributed by atoms with van der Waals surface area (Å²) in [6.07, 6.45) is 2.33. The van der Waals surface area contributed by atoms with E-state index in [4.69, 9.17) is 13.9 Å². The van der Waals surface area contributed by atoms with Gasteiger partial charge in [0.15, 0.2) is 0 Å². The summed E-state index contributed by atoms with van der Waals surface area (Å²) < 4.78 is 16.8. The minimum atomic E-state index is -0.179. The van der Waals surface area contributed by atoms with Gasteiger partial charge >= 0.3 is 0 Å². The molecular weight excluding hydrogens is 306 g/mol. The maximum atomic E-state index is 12.3. The van der Waals surface area contributed by atoms with Crippen LogP contribution in [0.3, 0.4) is 0 Å². The molecule has 0 bridgehead atoms. The third kappa shape index (κ3) is 4.17. The van der Waals surface area contributed by atoms with E-state index in [0.717, 1.165) is 36.7 Å². The van der Waals surface area contributed by atoms with E-state index in [2.05, 4.69) is 5.32 Å². The molecule has 0 unspecified atom stereocenters. The first-order chi connectivity index (χ1) is 11.6. The molecule has 1 N–H and O–H groups in total. The summed E-state index contributed by atoms with van der Waals surface area (Å²) in [5.74, 6) is 2.19. The molecule has 1 aliphatic heterocycles. The van der Waals surface area contributed by atoms with Gasteiger partial charge in [0.05, 0.1) is 12.1 Å². The van der Waals surface area contributed by atoms with Crippen LogP contribution in [0.5, 0.6) is 5.75 Å². The molecule has 24 heavy (non-hydrogen) atoms. The number of hydrogen-bond donors (Lipinski definition) is 1.